The number of nitrogens with one attached hydrogen (secondary N) is 1. The minimum Gasteiger partial charge on any atom is -0.493 e. The van der Waals surface area contributed by atoms with Crippen LogP contribution in [0, 0.1) is 0 Å². The van der Waals surface area contributed by atoms with E-state index in [0.29, 0.717) is 22.8 Å². The third kappa shape index (κ3) is 4.47. The van der Waals surface area contributed by atoms with Crippen LogP contribution < -0.4 is 24.4 Å². The molecule has 6 heteroatoms. The molecule has 26 heavy (non-hydrogen) atoms. The predicted octanol–water partition coefficient (Wildman–Crippen LogP) is 3.59. The second-order valence-corrected chi connectivity index (χ2v) is 5.70. The van der Waals surface area contributed by atoms with Crippen LogP contribution in [0.15, 0.2) is 48.7 Å². The summed E-state index contributed by atoms with van der Waals surface area (Å²) in [5.41, 5.74) is 2.44. The number of allylic oxidation sites excluding steroid dienone is 1. The number of hydrogen-bond acceptors (Lipinski definition) is 6. The van der Waals surface area contributed by atoms with Crippen LogP contribution in [0.5, 0.6) is 17.2 Å². The molecule has 0 aliphatic heterocycles. The van der Waals surface area contributed by atoms with E-state index in [1.807, 2.05) is 43.3 Å². The van der Waals surface area contributed by atoms with E-state index in [1.54, 1.807) is 18.3 Å². The highest BCUT2D eigenvalue weighted by molar-refractivity contribution is 6.05. The van der Waals surface area contributed by atoms with Gasteiger partial charge >= 0.3 is 0 Å². The molecule has 0 aromatic heterocycles. The van der Waals surface area contributed by atoms with Crippen LogP contribution in [-0.2, 0) is 0 Å². The van der Waals surface area contributed by atoms with E-state index in [2.05, 4.69) is 5.32 Å². The Hall–Kier alpha value is -3.15. The van der Waals surface area contributed by atoms with Gasteiger partial charge in [-0.1, -0.05) is 0 Å². The largest absolute Gasteiger partial charge is 0.493 e. The van der Waals surface area contributed by atoms with Crippen molar-refractivity contribution in [2.75, 3.05) is 45.6 Å². The average Bonchev–Trinajstić information content (AvgIpc) is 2.66. The van der Waals surface area contributed by atoms with Gasteiger partial charge in [0.2, 0.25) is 5.75 Å². The van der Waals surface area contributed by atoms with Crippen molar-refractivity contribution < 1.29 is 19.0 Å². The van der Waals surface area contributed by atoms with Gasteiger partial charge in [-0.25, -0.2) is 0 Å². The van der Waals surface area contributed by atoms with E-state index in [4.69, 9.17) is 14.2 Å². The SMILES string of the molecule is COc1cc(C(=O)/C=C/Nc2ccc(N(C)C)cc2)cc(OC)c1OC. The zero-order chi connectivity index (χ0) is 19.1. The number of benzene rings is 2. The number of nitrogens with zero attached hydrogens (tertiary/aromatic N) is 1. The molecule has 0 bridgehead atoms. The fourth-order valence-corrected chi connectivity index (χ4v) is 2.39. The van der Waals surface area contributed by atoms with Crippen molar-refractivity contribution in [1.82, 2.24) is 0 Å². The molecular weight excluding hydrogens is 332 g/mol. The number of carbonyl (C=O) groups is 1. The van der Waals surface area contributed by atoms with Gasteiger partial charge in [-0.2, -0.15) is 0 Å². The molecule has 0 heterocycles. The van der Waals surface area contributed by atoms with Crippen LogP contribution in [0.3, 0.4) is 0 Å². The summed E-state index contributed by atoms with van der Waals surface area (Å²) in [6.07, 6.45) is 3.07. The Kier molecular flexibility index (Phi) is 6.49. The van der Waals surface area contributed by atoms with Gasteiger partial charge in [0.15, 0.2) is 17.3 Å². The van der Waals surface area contributed by atoms with E-state index in [0.717, 1.165) is 11.4 Å². The number of anilines is 2. The van der Waals surface area contributed by atoms with Crippen LogP contribution in [0.2, 0.25) is 0 Å². The van der Waals surface area contributed by atoms with Crippen molar-refractivity contribution in [3.8, 4) is 17.2 Å². The zero-order valence-corrected chi connectivity index (χ0v) is 15.7. The fraction of sp³-hybridized carbons (Fsp3) is 0.250. The lowest BCUT2D eigenvalue weighted by molar-refractivity contribution is 0.104. The van der Waals surface area contributed by atoms with Gasteiger partial charge in [0.1, 0.15) is 0 Å². The molecule has 2 aromatic carbocycles. The average molecular weight is 356 g/mol. The third-order valence-corrected chi connectivity index (χ3v) is 3.82. The second-order valence-electron chi connectivity index (χ2n) is 5.70. The minimum absolute atomic E-state index is 0.179. The number of carbonyl (C=O) groups excluding carboxylic acids is 1. The van der Waals surface area contributed by atoms with Crippen molar-refractivity contribution in [3.05, 3.63) is 54.2 Å². The van der Waals surface area contributed by atoms with Gasteiger partial charge in [0, 0.05) is 43.3 Å². The van der Waals surface area contributed by atoms with E-state index in [-0.39, 0.29) is 5.78 Å². The lowest BCUT2D eigenvalue weighted by atomic mass is 10.1. The smallest absolute Gasteiger partial charge is 0.203 e. The summed E-state index contributed by atoms with van der Waals surface area (Å²) in [4.78, 5) is 14.5. The van der Waals surface area contributed by atoms with Crippen LogP contribution in [0.25, 0.3) is 0 Å². The van der Waals surface area contributed by atoms with Crippen LogP contribution >= 0.6 is 0 Å². The summed E-state index contributed by atoms with van der Waals surface area (Å²) in [6.45, 7) is 0. The molecule has 0 fully saturated rings. The molecule has 0 aliphatic carbocycles. The molecule has 0 radical (unpaired) electrons. The number of ether oxygens (including phenoxy) is 3. The van der Waals surface area contributed by atoms with Gasteiger partial charge in [0.25, 0.3) is 0 Å². The van der Waals surface area contributed by atoms with E-state index < -0.39 is 0 Å². The van der Waals surface area contributed by atoms with Crippen molar-refractivity contribution in [3.63, 3.8) is 0 Å². The zero-order valence-electron chi connectivity index (χ0n) is 15.7. The minimum atomic E-state index is -0.179. The normalized spacial score (nSPS) is 10.5. The molecule has 6 nitrogen and oxygen atoms in total. The summed E-state index contributed by atoms with van der Waals surface area (Å²) in [7, 11) is 8.52. The van der Waals surface area contributed by atoms with Gasteiger partial charge in [-0.15, -0.1) is 0 Å². The Balaban J connectivity index is 2.12. The topological polar surface area (TPSA) is 60.0 Å². The Morgan fingerprint density at radius 1 is 0.962 bits per heavy atom. The predicted molar refractivity (Wildman–Crippen MR) is 104 cm³/mol. The molecule has 2 aromatic rings. The monoisotopic (exact) mass is 356 g/mol. The van der Waals surface area contributed by atoms with Crippen molar-refractivity contribution >= 4 is 17.2 Å². The van der Waals surface area contributed by atoms with E-state index in [9.17, 15) is 4.79 Å². The van der Waals surface area contributed by atoms with Crippen molar-refractivity contribution in [2.24, 2.45) is 0 Å². The standard InChI is InChI=1S/C20H24N2O4/c1-22(2)16-8-6-15(7-9-16)21-11-10-17(23)14-12-18(24-3)20(26-5)19(13-14)25-4/h6-13,21H,1-5H3/b11-10+. The molecule has 0 atom stereocenters. The first-order valence-corrected chi connectivity index (χ1v) is 8.05. The van der Waals surface area contributed by atoms with E-state index >= 15 is 0 Å². The fourth-order valence-electron chi connectivity index (χ4n) is 2.39. The molecule has 2 rings (SSSR count). The third-order valence-electron chi connectivity index (χ3n) is 3.82. The van der Waals surface area contributed by atoms with Crippen LogP contribution in [0.1, 0.15) is 10.4 Å². The number of hydrogen-bond donors (Lipinski definition) is 1. The highest BCUT2D eigenvalue weighted by atomic mass is 16.5. The van der Waals surface area contributed by atoms with Gasteiger partial charge in [-0.3, -0.25) is 4.79 Å². The van der Waals surface area contributed by atoms with Gasteiger partial charge in [0.05, 0.1) is 21.3 Å². The number of methoxy groups -OCH3 is 3. The lowest BCUT2D eigenvalue weighted by Gasteiger charge is -2.13. The quantitative estimate of drug-likeness (QED) is 0.576. The summed E-state index contributed by atoms with van der Waals surface area (Å²) in [6, 6.07) is 11.1. The summed E-state index contributed by atoms with van der Waals surface area (Å²) in [5.74, 6) is 1.16. The van der Waals surface area contributed by atoms with Crippen molar-refractivity contribution in [2.45, 2.75) is 0 Å². The molecule has 0 spiro atoms. The highest BCUT2D eigenvalue weighted by Crippen LogP contribution is 2.38. The Morgan fingerprint density at radius 2 is 1.54 bits per heavy atom. The first kappa shape index (κ1) is 19.2. The summed E-state index contributed by atoms with van der Waals surface area (Å²) in [5, 5.41) is 3.08. The Morgan fingerprint density at radius 3 is 2.00 bits per heavy atom. The Bertz CT molecular complexity index is 758. The molecule has 138 valence electrons. The van der Waals surface area contributed by atoms with Crippen LogP contribution in [0.4, 0.5) is 11.4 Å². The summed E-state index contributed by atoms with van der Waals surface area (Å²) >= 11 is 0. The first-order chi connectivity index (χ1) is 12.5. The van der Waals surface area contributed by atoms with Crippen LogP contribution in [-0.4, -0.2) is 41.2 Å². The maximum Gasteiger partial charge on any atom is 0.203 e. The number of ketones is 1. The van der Waals surface area contributed by atoms with Gasteiger partial charge in [-0.05, 0) is 36.4 Å². The second kappa shape index (κ2) is 8.80. The molecular formula is C20H24N2O4. The first-order valence-electron chi connectivity index (χ1n) is 8.05. The van der Waals surface area contributed by atoms with Gasteiger partial charge < -0.3 is 24.4 Å². The molecule has 1 N–H and O–H groups in total. The number of rotatable bonds is 8. The maximum atomic E-state index is 12.4. The van der Waals surface area contributed by atoms with E-state index in [1.165, 1.54) is 27.4 Å². The summed E-state index contributed by atoms with van der Waals surface area (Å²) < 4.78 is 15.8. The lowest BCUT2D eigenvalue weighted by Crippen LogP contribution is -2.08. The molecule has 0 amide bonds. The highest BCUT2D eigenvalue weighted by Gasteiger charge is 2.15. The van der Waals surface area contributed by atoms with Crippen molar-refractivity contribution in [1.29, 1.82) is 0 Å². The molecule has 0 unspecified atom stereocenters. The molecule has 0 saturated carbocycles. The molecule has 0 aliphatic rings. The Labute approximate surface area is 154 Å². The maximum absolute atomic E-state index is 12.4. The molecule has 0 saturated heterocycles.